The van der Waals surface area contributed by atoms with Gasteiger partial charge in [-0.1, -0.05) is 32.9 Å². The molecule has 0 aliphatic heterocycles. The van der Waals surface area contributed by atoms with Crippen LogP contribution >= 0.6 is 0 Å². The fourth-order valence-corrected chi connectivity index (χ4v) is 2.51. The summed E-state index contributed by atoms with van der Waals surface area (Å²) in [4.78, 5) is 58.8. The normalized spacial score (nSPS) is 10.2. The molecule has 0 saturated carbocycles. The number of hydrogen-bond donors (Lipinski definition) is 0. The van der Waals surface area contributed by atoms with Gasteiger partial charge in [0.05, 0.1) is 10.5 Å². The zero-order chi connectivity index (χ0) is 25.3. The third-order valence-corrected chi connectivity index (χ3v) is 4.28. The van der Waals surface area contributed by atoms with Gasteiger partial charge in [-0.25, -0.2) is 4.79 Å². The van der Waals surface area contributed by atoms with E-state index in [9.17, 15) is 29.3 Å². The van der Waals surface area contributed by atoms with Gasteiger partial charge in [-0.05, 0) is 17.7 Å². The smallest absolute Gasteiger partial charge is 0.338 e. The van der Waals surface area contributed by atoms with Crippen LogP contribution in [0.25, 0.3) is 0 Å². The molecule has 0 atom stereocenters. The van der Waals surface area contributed by atoms with Crippen LogP contribution in [-0.2, 0) is 25.7 Å². The molecule has 11 nitrogen and oxygen atoms in total. The van der Waals surface area contributed by atoms with Crippen molar-refractivity contribution in [1.82, 2.24) is 0 Å². The summed E-state index contributed by atoms with van der Waals surface area (Å²) in [6.45, 7) is 4.32. The molecule has 0 N–H and O–H groups in total. The summed E-state index contributed by atoms with van der Waals surface area (Å²) in [6, 6.07) is 7.77. The highest BCUT2D eigenvalue weighted by Crippen LogP contribution is 2.40. The van der Waals surface area contributed by atoms with Crippen LogP contribution in [0.2, 0.25) is 0 Å². The van der Waals surface area contributed by atoms with Crippen molar-refractivity contribution < 1.29 is 43.0 Å². The van der Waals surface area contributed by atoms with E-state index < -0.39 is 28.8 Å². The lowest BCUT2D eigenvalue weighted by atomic mass is 10.1. The first-order valence-electron chi connectivity index (χ1n) is 10.4. The minimum atomic E-state index is -0.900. The quantitative estimate of drug-likeness (QED) is 0.215. The number of carbonyl (C=O) groups is 4. The van der Waals surface area contributed by atoms with Crippen molar-refractivity contribution in [3.05, 3.63) is 57.6 Å². The summed E-state index contributed by atoms with van der Waals surface area (Å²) in [5.41, 5.74) is 0.0315. The molecule has 0 heterocycles. The Bertz CT molecular complexity index is 1070. The zero-order valence-electron chi connectivity index (χ0n) is 18.8. The highest BCUT2D eigenvalue weighted by molar-refractivity contribution is 5.92. The van der Waals surface area contributed by atoms with Crippen LogP contribution in [0.1, 0.15) is 56.0 Å². The molecule has 2 aromatic rings. The third-order valence-electron chi connectivity index (χ3n) is 4.28. The van der Waals surface area contributed by atoms with Crippen LogP contribution in [0.15, 0.2) is 36.4 Å². The summed E-state index contributed by atoms with van der Waals surface area (Å²) in [6.07, 6.45) is -0.0608. The number of benzene rings is 2. The molecule has 0 spiro atoms. The Labute approximate surface area is 194 Å². The average molecular weight is 473 g/mol. The van der Waals surface area contributed by atoms with Crippen LogP contribution < -0.4 is 14.2 Å². The third kappa shape index (κ3) is 7.12. The standard InChI is InChI=1S/C23H23NO10/c1-4-19(25)32-17-11-15(12-18(33-20(26)5-2)22(17)34-21(27)6-3)23(28)31-13-14-8-7-9-16(10-14)24(29)30/h7-12H,4-6,13H2,1-3H3. The van der Waals surface area contributed by atoms with E-state index in [1.54, 1.807) is 0 Å². The molecule has 0 bridgehead atoms. The van der Waals surface area contributed by atoms with E-state index in [4.69, 9.17) is 18.9 Å². The zero-order valence-corrected chi connectivity index (χ0v) is 18.8. The Morgan fingerprint density at radius 3 is 1.85 bits per heavy atom. The molecule has 0 aromatic heterocycles. The number of rotatable bonds is 10. The fraction of sp³-hybridized carbons (Fsp3) is 0.304. The summed E-state index contributed by atoms with van der Waals surface area (Å²) in [5, 5.41) is 10.9. The van der Waals surface area contributed by atoms with Crippen molar-refractivity contribution >= 4 is 29.6 Å². The Kier molecular flexibility index (Phi) is 9.24. The second-order valence-electron chi connectivity index (χ2n) is 6.79. The number of carbonyl (C=O) groups excluding carboxylic acids is 4. The summed E-state index contributed by atoms with van der Waals surface area (Å²) < 4.78 is 20.8. The molecule has 0 amide bonds. The van der Waals surface area contributed by atoms with Gasteiger partial charge in [0.25, 0.3) is 5.69 Å². The lowest BCUT2D eigenvalue weighted by Gasteiger charge is -2.16. The van der Waals surface area contributed by atoms with Gasteiger partial charge < -0.3 is 18.9 Å². The SMILES string of the molecule is CCC(=O)Oc1cc(C(=O)OCc2cccc([N+](=O)[O-])c2)cc(OC(=O)CC)c1OC(=O)CC. The molecule has 2 rings (SSSR count). The van der Waals surface area contributed by atoms with E-state index in [0.29, 0.717) is 5.56 Å². The predicted octanol–water partition coefficient (Wildman–Crippen LogP) is 3.90. The molecular formula is C23H23NO10. The highest BCUT2D eigenvalue weighted by Gasteiger charge is 2.24. The van der Waals surface area contributed by atoms with E-state index >= 15 is 0 Å². The van der Waals surface area contributed by atoms with Crippen molar-refractivity contribution in [3.8, 4) is 17.2 Å². The minimum absolute atomic E-state index is 0.0185. The van der Waals surface area contributed by atoms with Gasteiger partial charge in [0.15, 0.2) is 11.5 Å². The van der Waals surface area contributed by atoms with E-state index in [1.165, 1.54) is 45.0 Å². The molecule has 0 radical (unpaired) electrons. The Hall–Kier alpha value is -4.28. The number of hydrogen-bond acceptors (Lipinski definition) is 10. The largest absolute Gasteiger partial charge is 0.457 e. The number of nitro groups is 1. The lowest BCUT2D eigenvalue weighted by molar-refractivity contribution is -0.384. The van der Waals surface area contributed by atoms with Crippen molar-refractivity contribution in [2.45, 2.75) is 46.6 Å². The van der Waals surface area contributed by atoms with E-state index in [1.807, 2.05) is 0 Å². The molecule has 11 heteroatoms. The molecule has 34 heavy (non-hydrogen) atoms. The maximum Gasteiger partial charge on any atom is 0.338 e. The predicted molar refractivity (Wildman–Crippen MR) is 116 cm³/mol. The van der Waals surface area contributed by atoms with E-state index in [-0.39, 0.29) is 54.4 Å². The van der Waals surface area contributed by atoms with Crippen molar-refractivity contribution in [3.63, 3.8) is 0 Å². The number of esters is 4. The Morgan fingerprint density at radius 1 is 0.824 bits per heavy atom. The van der Waals surface area contributed by atoms with Crippen LogP contribution in [0.3, 0.4) is 0 Å². The molecular weight excluding hydrogens is 450 g/mol. The maximum atomic E-state index is 12.7. The van der Waals surface area contributed by atoms with Crippen molar-refractivity contribution in [2.75, 3.05) is 0 Å². The Balaban J connectivity index is 2.42. The van der Waals surface area contributed by atoms with E-state index in [2.05, 4.69) is 0 Å². The average Bonchev–Trinajstić information content (AvgIpc) is 2.83. The molecule has 0 saturated heterocycles. The minimum Gasteiger partial charge on any atom is -0.457 e. The monoisotopic (exact) mass is 473 g/mol. The first kappa shape index (κ1) is 26.0. The van der Waals surface area contributed by atoms with Gasteiger partial charge >= 0.3 is 23.9 Å². The topological polar surface area (TPSA) is 148 Å². The number of ether oxygens (including phenoxy) is 4. The van der Waals surface area contributed by atoms with E-state index in [0.717, 1.165) is 12.1 Å². The maximum absolute atomic E-state index is 12.7. The van der Waals surface area contributed by atoms with Gasteiger partial charge in [-0.3, -0.25) is 24.5 Å². The van der Waals surface area contributed by atoms with Crippen LogP contribution in [0.5, 0.6) is 17.2 Å². The number of nitrogens with zero attached hydrogens (tertiary/aromatic N) is 1. The van der Waals surface area contributed by atoms with Gasteiger partial charge in [0.2, 0.25) is 5.75 Å². The molecule has 2 aromatic carbocycles. The van der Waals surface area contributed by atoms with Crippen LogP contribution in [0, 0.1) is 10.1 Å². The molecule has 0 fully saturated rings. The highest BCUT2D eigenvalue weighted by atomic mass is 16.6. The molecule has 180 valence electrons. The molecule has 0 aliphatic carbocycles. The Morgan fingerprint density at radius 2 is 1.35 bits per heavy atom. The van der Waals surface area contributed by atoms with Gasteiger partial charge in [-0.15, -0.1) is 0 Å². The van der Waals surface area contributed by atoms with Crippen molar-refractivity contribution in [1.29, 1.82) is 0 Å². The molecule has 0 unspecified atom stereocenters. The van der Waals surface area contributed by atoms with Gasteiger partial charge in [0, 0.05) is 31.4 Å². The number of non-ortho nitro benzene ring substituents is 1. The van der Waals surface area contributed by atoms with Gasteiger partial charge in [-0.2, -0.15) is 0 Å². The van der Waals surface area contributed by atoms with Gasteiger partial charge in [0.1, 0.15) is 6.61 Å². The van der Waals surface area contributed by atoms with Crippen molar-refractivity contribution in [2.24, 2.45) is 0 Å². The first-order chi connectivity index (χ1) is 16.2. The summed E-state index contributed by atoms with van der Waals surface area (Å²) >= 11 is 0. The molecule has 0 aliphatic rings. The second kappa shape index (κ2) is 12.1. The second-order valence-corrected chi connectivity index (χ2v) is 6.79. The summed E-state index contributed by atoms with van der Waals surface area (Å²) in [7, 11) is 0. The first-order valence-corrected chi connectivity index (χ1v) is 10.4. The summed E-state index contributed by atoms with van der Waals surface area (Å²) in [5.74, 6) is -3.92. The van der Waals surface area contributed by atoms with Crippen LogP contribution in [-0.4, -0.2) is 28.8 Å². The number of nitro benzene ring substituents is 1. The lowest BCUT2D eigenvalue weighted by Crippen LogP contribution is -2.15. The fourth-order valence-electron chi connectivity index (χ4n) is 2.51. The van der Waals surface area contributed by atoms with Crippen LogP contribution in [0.4, 0.5) is 5.69 Å².